The van der Waals surface area contributed by atoms with Gasteiger partial charge in [-0.3, -0.25) is 24.2 Å². The highest BCUT2D eigenvalue weighted by Crippen LogP contribution is 2.11. The first-order valence-corrected chi connectivity index (χ1v) is 11.6. The van der Waals surface area contributed by atoms with Gasteiger partial charge in [-0.15, -0.1) is 0 Å². The van der Waals surface area contributed by atoms with Gasteiger partial charge in [0.15, 0.2) is 5.96 Å². The molecule has 1 fully saturated rings. The van der Waals surface area contributed by atoms with Gasteiger partial charge in [0.1, 0.15) is 18.1 Å². The lowest BCUT2D eigenvalue weighted by molar-refractivity contribution is -0.143. The summed E-state index contributed by atoms with van der Waals surface area (Å²) in [5, 5.41) is 29.0. The minimum atomic E-state index is -1.41. The molecule has 1 heterocycles. The highest BCUT2D eigenvalue weighted by Gasteiger charge is 2.34. The van der Waals surface area contributed by atoms with E-state index in [2.05, 4.69) is 26.3 Å². The van der Waals surface area contributed by atoms with Gasteiger partial charge in [0, 0.05) is 6.54 Å². The van der Waals surface area contributed by atoms with Gasteiger partial charge in [-0.25, -0.2) is 4.79 Å². The van der Waals surface area contributed by atoms with Crippen molar-refractivity contribution in [3.63, 3.8) is 0 Å². The molecule has 0 aromatic carbocycles. The number of rotatable bonds is 15. The molecular formula is C21H37N7O7. The average Bonchev–Trinajstić information content (AvgIpc) is 3.32. The van der Waals surface area contributed by atoms with E-state index in [1.807, 2.05) is 0 Å². The molecule has 35 heavy (non-hydrogen) atoms. The molecule has 1 saturated heterocycles. The molecule has 0 bridgehead atoms. The molecule has 14 heteroatoms. The smallest absolute Gasteiger partial charge is 0.326 e. The zero-order valence-corrected chi connectivity index (χ0v) is 20.1. The van der Waals surface area contributed by atoms with Crippen LogP contribution < -0.4 is 32.7 Å². The molecule has 14 nitrogen and oxygen atoms in total. The molecule has 0 spiro atoms. The Bertz CT molecular complexity index is 795. The van der Waals surface area contributed by atoms with Crippen LogP contribution in [0.15, 0.2) is 4.99 Å². The van der Waals surface area contributed by atoms with E-state index >= 15 is 0 Å². The summed E-state index contributed by atoms with van der Waals surface area (Å²) in [6.07, 6.45) is 1.46. The largest absolute Gasteiger partial charge is 0.481 e. The van der Waals surface area contributed by atoms with Gasteiger partial charge in [-0.2, -0.15) is 0 Å². The van der Waals surface area contributed by atoms with Crippen molar-refractivity contribution in [1.82, 2.24) is 21.3 Å². The quantitative estimate of drug-likeness (QED) is 0.0690. The molecular weight excluding hydrogens is 462 g/mol. The fourth-order valence-corrected chi connectivity index (χ4v) is 3.54. The zero-order chi connectivity index (χ0) is 26.5. The number of guanidine groups is 1. The van der Waals surface area contributed by atoms with Crippen LogP contribution in [-0.4, -0.2) is 83.1 Å². The summed E-state index contributed by atoms with van der Waals surface area (Å²) in [6, 6.07) is -4.33. The molecule has 1 aliphatic heterocycles. The third-order valence-corrected chi connectivity index (χ3v) is 5.74. The third-order valence-electron chi connectivity index (χ3n) is 5.74. The van der Waals surface area contributed by atoms with Gasteiger partial charge in [-0.1, -0.05) is 20.3 Å². The van der Waals surface area contributed by atoms with Gasteiger partial charge in [0.05, 0.1) is 12.5 Å². The molecule has 0 radical (unpaired) electrons. The Hall–Kier alpha value is -3.42. The molecule has 1 aliphatic rings. The Labute approximate surface area is 203 Å². The van der Waals surface area contributed by atoms with E-state index in [-0.39, 0.29) is 25.3 Å². The van der Waals surface area contributed by atoms with E-state index in [1.54, 1.807) is 13.8 Å². The summed E-state index contributed by atoms with van der Waals surface area (Å²) < 4.78 is 0. The normalized spacial score (nSPS) is 18.4. The Morgan fingerprint density at radius 2 is 1.74 bits per heavy atom. The Morgan fingerprint density at radius 1 is 1.06 bits per heavy atom. The van der Waals surface area contributed by atoms with Crippen LogP contribution in [0.3, 0.4) is 0 Å². The van der Waals surface area contributed by atoms with Crippen LogP contribution in [0.4, 0.5) is 0 Å². The summed E-state index contributed by atoms with van der Waals surface area (Å²) >= 11 is 0. The molecule has 3 amide bonds. The third kappa shape index (κ3) is 10.6. The van der Waals surface area contributed by atoms with Crippen LogP contribution in [0, 0.1) is 5.92 Å². The second-order valence-electron chi connectivity index (χ2n) is 8.53. The Balaban J connectivity index is 2.91. The maximum atomic E-state index is 12.9. The van der Waals surface area contributed by atoms with Crippen LogP contribution in [-0.2, 0) is 24.0 Å². The van der Waals surface area contributed by atoms with Gasteiger partial charge in [0.25, 0.3) is 0 Å². The van der Waals surface area contributed by atoms with Crippen molar-refractivity contribution in [1.29, 1.82) is 0 Å². The molecule has 0 aliphatic carbocycles. The number of carboxylic acid groups (broad SMARTS) is 2. The van der Waals surface area contributed by atoms with Gasteiger partial charge in [-0.05, 0) is 38.1 Å². The lowest BCUT2D eigenvalue weighted by Gasteiger charge is -2.27. The first kappa shape index (κ1) is 29.6. The first-order chi connectivity index (χ1) is 16.5. The van der Waals surface area contributed by atoms with Crippen LogP contribution in [0.2, 0.25) is 0 Å². The molecule has 1 rings (SSSR count). The standard InChI is InChI=1S/C21H37N7O7/c1-3-11(2)16(19(33)26-13(20(34)35)7-5-9-25-21(22)23)28-18(32)14(10-15(29)30)27-17(31)12-6-4-8-24-12/h11-14,16,24H,3-10H2,1-2H3,(H,26,33)(H,27,31)(H,28,32)(H,29,30)(H,34,35)(H4,22,23,25). The number of hydrogen-bond donors (Lipinski definition) is 8. The lowest BCUT2D eigenvalue weighted by atomic mass is 9.97. The molecule has 10 N–H and O–H groups in total. The summed E-state index contributed by atoms with van der Waals surface area (Å²) in [7, 11) is 0. The maximum absolute atomic E-state index is 12.9. The average molecular weight is 500 g/mol. The molecule has 0 aromatic heterocycles. The van der Waals surface area contributed by atoms with Crippen LogP contribution >= 0.6 is 0 Å². The topological polar surface area (TPSA) is 238 Å². The number of hydrogen-bond acceptors (Lipinski definition) is 7. The van der Waals surface area contributed by atoms with Crippen LogP contribution in [0.25, 0.3) is 0 Å². The molecule has 0 saturated carbocycles. The minimum absolute atomic E-state index is 0.0467. The number of nitrogens with two attached hydrogens (primary N) is 2. The zero-order valence-electron chi connectivity index (χ0n) is 20.1. The van der Waals surface area contributed by atoms with Crippen molar-refractivity contribution >= 4 is 35.6 Å². The second kappa shape index (κ2) is 14.8. The van der Waals surface area contributed by atoms with E-state index in [9.17, 15) is 34.2 Å². The first-order valence-electron chi connectivity index (χ1n) is 11.6. The number of nitrogens with zero attached hydrogens (tertiary/aromatic N) is 1. The minimum Gasteiger partial charge on any atom is -0.481 e. The van der Waals surface area contributed by atoms with Gasteiger partial charge >= 0.3 is 11.9 Å². The highest BCUT2D eigenvalue weighted by atomic mass is 16.4. The molecule has 5 atom stereocenters. The number of aliphatic carboxylic acids is 2. The van der Waals surface area contributed by atoms with Crippen molar-refractivity contribution in [3.8, 4) is 0 Å². The van der Waals surface area contributed by atoms with Crippen LogP contribution in [0.5, 0.6) is 0 Å². The number of carbonyl (C=O) groups excluding carboxylic acids is 3. The number of carboxylic acids is 2. The number of carbonyl (C=O) groups is 5. The van der Waals surface area contributed by atoms with E-state index < -0.39 is 66.2 Å². The maximum Gasteiger partial charge on any atom is 0.326 e. The lowest BCUT2D eigenvalue weighted by Crippen LogP contribution is -2.59. The fraction of sp³-hybridized carbons (Fsp3) is 0.714. The van der Waals surface area contributed by atoms with Gasteiger partial charge in [0.2, 0.25) is 17.7 Å². The van der Waals surface area contributed by atoms with Crippen molar-refractivity contribution in [3.05, 3.63) is 0 Å². The van der Waals surface area contributed by atoms with E-state index in [1.165, 1.54) is 0 Å². The molecule has 198 valence electrons. The summed E-state index contributed by atoms with van der Waals surface area (Å²) in [4.78, 5) is 65.0. The fourth-order valence-electron chi connectivity index (χ4n) is 3.54. The highest BCUT2D eigenvalue weighted by molar-refractivity contribution is 5.95. The summed E-state index contributed by atoms with van der Waals surface area (Å²) in [5.74, 6) is -5.20. The van der Waals surface area contributed by atoms with E-state index in [4.69, 9.17) is 11.5 Å². The van der Waals surface area contributed by atoms with Gasteiger partial charge < -0.3 is 42.9 Å². The predicted octanol–water partition coefficient (Wildman–Crippen LogP) is -2.15. The van der Waals surface area contributed by atoms with Crippen molar-refractivity contribution < 1.29 is 34.2 Å². The molecule has 0 aromatic rings. The predicted molar refractivity (Wildman–Crippen MR) is 126 cm³/mol. The van der Waals surface area contributed by atoms with Crippen molar-refractivity contribution in [2.24, 2.45) is 22.4 Å². The van der Waals surface area contributed by atoms with E-state index in [0.717, 1.165) is 6.42 Å². The van der Waals surface area contributed by atoms with Crippen LogP contribution in [0.1, 0.15) is 52.4 Å². The SMILES string of the molecule is CCC(C)C(NC(=O)C(CC(=O)O)NC(=O)C1CCCN1)C(=O)NC(CCCN=C(N)N)C(=O)O. The van der Waals surface area contributed by atoms with E-state index in [0.29, 0.717) is 19.4 Å². The number of aliphatic imine (C=N–C) groups is 1. The monoisotopic (exact) mass is 499 g/mol. The van der Waals surface area contributed by atoms with Crippen molar-refractivity contribution in [2.75, 3.05) is 13.1 Å². The Kier molecular flexibility index (Phi) is 12.5. The summed E-state index contributed by atoms with van der Waals surface area (Å²) in [5.41, 5.74) is 10.5. The molecule has 5 unspecified atom stereocenters. The van der Waals surface area contributed by atoms with Crippen molar-refractivity contribution in [2.45, 2.75) is 76.5 Å². The number of amides is 3. The number of nitrogens with one attached hydrogen (secondary N) is 4. The second-order valence-corrected chi connectivity index (χ2v) is 8.53. The Morgan fingerprint density at radius 3 is 2.26 bits per heavy atom. The summed E-state index contributed by atoms with van der Waals surface area (Å²) in [6.45, 7) is 4.29.